The molecule has 16 heavy (non-hydrogen) atoms. The summed E-state index contributed by atoms with van der Waals surface area (Å²) in [7, 11) is 0. The summed E-state index contributed by atoms with van der Waals surface area (Å²) in [4.78, 5) is 10.9. The van der Waals surface area contributed by atoms with Gasteiger partial charge in [-0.25, -0.2) is 4.79 Å². The molecule has 1 aromatic rings. The highest BCUT2D eigenvalue weighted by Gasteiger charge is 2.01. The van der Waals surface area contributed by atoms with Gasteiger partial charge in [0, 0.05) is 13.1 Å². The highest BCUT2D eigenvalue weighted by atomic mass is 16.5. The number of rotatable bonds is 6. The van der Waals surface area contributed by atoms with Crippen molar-refractivity contribution < 1.29 is 13.9 Å². The van der Waals surface area contributed by atoms with Gasteiger partial charge in [0.2, 0.25) is 0 Å². The molecule has 0 unspecified atom stereocenters. The fourth-order valence-electron chi connectivity index (χ4n) is 1.22. The van der Waals surface area contributed by atoms with Crippen LogP contribution in [-0.4, -0.2) is 25.8 Å². The van der Waals surface area contributed by atoms with Crippen molar-refractivity contribution in [2.24, 2.45) is 0 Å². The SMILES string of the molecule is CCOC(=O)NCCNCc1occc1C. The van der Waals surface area contributed by atoms with Crippen LogP contribution in [0.3, 0.4) is 0 Å². The molecular weight excluding hydrogens is 208 g/mol. The van der Waals surface area contributed by atoms with Crippen LogP contribution in [-0.2, 0) is 11.3 Å². The molecule has 0 aromatic carbocycles. The van der Waals surface area contributed by atoms with E-state index in [1.165, 1.54) is 0 Å². The number of hydrogen-bond acceptors (Lipinski definition) is 4. The van der Waals surface area contributed by atoms with E-state index < -0.39 is 0 Å². The first-order valence-electron chi connectivity index (χ1n) is 5.38. The Labute approximate surface area is 95.2 Å². The summed E-state index contributed by atoms with van der Waals surface area (Å²) in [5.41, 5.74) is 1.13. The lowest BCUT2D eigenvalue weighted by Gasteiger charge is -2.06. The summed E-state index contributed by atoms with van der Waals surface area (Å²) in [6.45, 7) is 6.06. The van der Waals surface area contributed by atoms with Gasteiger partial charge in [-0.3, -0.25) is 0 Å². The second kappa shape index (κ2) is 6.90. The molecule has 0 fully saturated rings. The number of carbonyl (C=O) groups is 1. The van der Waals surface area contributed by atoms with E-state index in [1.807, 2.05) is 13.0 Å². The van der Waals surface area contributed by atoms with E-state index >= 15 is 0 Å². The zero-order chi connectivity index (χ0) is 11.8. The molecule has 0 radical (unpaired) electrons. The Hall–Kier alpha value is -1.49. The van der Waals surface area contributed by atoms with Gasteiger partial charge in [-0.1, -0.05) is 0 Å². The number of furan rings is 1. The van der Waals surface area contributed by atoms with Gasteiger partial charge in [-0.05, 0) is 25.5 Å². The molecule has 0 bridgehead atoms. The molecule has 1 rings (SSSR count). The number of nitrogens with one attached hydrogen (secondary N) is 2. The van der Waals surface area contributed by atoms with Crippen LogP contribution in [0.5, 0.6) is 0 Å². The fourth-order valence-corrected chi connectivity index (χ4v) is 1.22. The monoisotopic (exact) mass is 226 g/mol. The Bertz CT molecular complexity index is 323. The molecule has 2 N–H and O–H groups in total. The Kier molecular flexibility index (Phi) is 5.42. The van der Waals surface area contributed by atoms with Crippen molar-refractivity contribution in [1.29, 1.82) is 0 Å². The van der Waals surface area contributed by atoms with Gasteiger partial charge in [0.25, 0.3) is 0 Å². The Morgan fingerprint density at radius 2 is 2.31 bits per heavy atom. The molecule has 1 aromatic heterocycles. The van der Waals surface area contributed by atoms with E-state index in [0.717, 1.165) is 11.3 Å². The number of aryl methyl sites for hydroxylation is 1. The van der Waals surface area contributed by atoms with Crippen molar-refractivity contribution in [3.63, 3.8) is 0 Å². The lowest BCUT2D eigenvalue weighted by molar-refractivity contribution is 0.152. The zero-order valence-corrected chi connectivity index (χ0v) is 9.71. The molecule has 0 atom stereocenters. The molecule has 1 heterocycles. The second-order valence-electron chi connectivity index (χ2n) is 3.35. The number of carbonyl (C=O) groups excluding carboxylic acids is 1. The van der Waals surface area contributed by atoms with Gasteiger partial charge in [0.1, 0.15) is 5.76 Å². The van der Waals surface area contributed by atoms with Crippen molar-refractivity contribution in [2.45, 2.75) is 20.4 Å². The minimum atomic E-state index is -0.376. The Morgan fingerprint density at radius 1 is 1.50 bits per heavy atom. The molecule has 5 nitrogen and oxygen atoms in total. The van der Waals surface area contributed by atoms with Gasteiger partial charge >= 0.3 is 6.09 Å². The lowest BCUT2D eigenvalue weighted by Crippen LogP contribution is -2.32. The maximum Gasteiger partial charge on any atom is 0.407 e. The number of amides is 1. The third kappa shape index (κ3) is 4.35. The molecule has 1 amide bonds. The van der Waals surface area contributed by atoms with Crippen molar-refractivity contribution in [3.05, 3.63) is 23.7 Å². The van der Waals surface area contributed by atoms with E-state index in [9.17, 15) is 4.79 Å². The molecule has 0 aliphatic carbocycles. The van der Waals surface area contributed by atoms with Crippen LogP contribution in [0.15, 0.2) is 16.7 Å². The lowest BCUT2D eigenvalue weighted by atomic mass is 10.3. The second-order valence-corrected chi connectivity index (χ2v) is 3.35. The molecule has 0 aliphatic heterocycles. The number of ether oxygens (including phenoxy) is 1. The van der Waals surface area contributed by atoms with E-state index in [4.69, 9.17) is 9.15 Å². The third-order valence-electron chi connectivity index (χ3n) is 2.10. The van der Waals surface area contributed by atoms with E-state index in [0.29, 0.717) is 26.2 Å². The van der Waals surface area contributed by atoms with Crippen LogP contribution in [0, 0.1) is 6.92 Å². The van der Waals surface area contributed by atoms with Gasteiger partial charge in [0.15, 0.2) is 0 Å². The summed E-state index contributed by atoms with van der Waals surface area (Å²) in [5.74, 6) is 0.927. The van der Waals surface area contributed by atoms with Crippen LogP contribution >= 0.6 is 0 Å². The smallest absolute Gasteiger partial charge is 0.407 e. The summed E-state index contributed by atoms with van der Waals surface area (Å²) < 4.78 is 9.97. The summed E-state index contributed by atoms with van der Waals surface area (Å²) in [6, 6.07) is 1.92. The van der Waals surface area contributed by atoms with Crippen molar-refractivity contribution in [1.82, 2.24) is 10.6 Å². The zero-order valence-electron chi connectivity index (χ0n) is 9.71. The van der Waals surface area contributed by atoms with E-state index in [-0.39, 0.29) is 6.09 Å². The average Bonchev–Trinajstić information content (AvgIpc) is 2.64. The van der Waals surface area contributed by atoms with E-state index in [1.54, 1.807) is 13.2 Å². The molecule has 5 heteroatoms. The van der Waals surface area contributed by atoms with Gasteiger partial charge in [0.05, 0.1) is 19.4 Å². The maximum atomic E-state index is 10.9. The molecular formula is C11H18N2O3. The Morgan fingerprint density at radius 3 is 2.94 bits per heavy atom. The van der Waals surface area contributed by atoms with Crippen molar-refractivity contribution >= 4 is 6.09 Å². The van der Waals surface area contributed by atoms with Gasteiger partial charge in [-0.2, -0.15) is 0 Å². The van der Waals surface area contributed by atoms with Crippen LogP contribution in [0.2, 0.25) is 0 Å². The van der Waals surface area contributed by atoms with Gasteiger partial charge in [-0.15, -0.1) is 0 Å². The first kappa shape index (κ1) is 12.6. The number of hydrogen-bond donors (Lipinski definition) is 2. The molecule has 90 valence electrons. The topological polar surface area (TPSA) is 63.5 Å². The summed E-state index contributed by atoms with van der Waals surface area (Å²) in [5, 5.41) is 5.79. The minimum absolute atomic E-state index is 0.376. The largest absolute Gasteiger partial charge is 0.468 e. The normalized spacial score (nSPS) is 10.1. The first-order chi connectivity index (χ1) is 7.74. The highest BCUT2D eigenvalue weighted by Crippen LogP contribution is 2.07. The van der Waals surface area contributed by atoms with E-state index in [2.05, 4.69) is 10.6 Å². The molecule has 0 aliphatic rings. The average molecular weight is 226 g/mol. The Balaban J connectivity index is 2.04. The first-order valence-corrected chi connectivity index (χ1v) is 5.38. The predicted molar refractivity (Wildman–Crippen MR) is 60.2 cm³/mol. The summed E-state index contributed by atoms with van der Waals surface area (Å²) in [6.07, 6.45) is 1.29. The molecule has 0 spiro atoms. The van der Waals surface area contributed by atoms with Crippen LogP contribution in [0.25, 0.3) is 0 Å². The fraction of sp³-hybridized carbons (Fsp3) is 0.545. The van der Waals surface area contributed by atoms with Crippen LogP contribution < -0.4 is 10.6 Å². The quantitative estimate of drug-likeness (QED) is 0.720. The van der Waals surface area contributed by atoms with Crippen molar-refractivity contribution in [2.75, 3.05) is 19.7 Å². The highest BCUT2D eigenvalue weighted by molar-refractivity contribution is 5.66. The van der Waals surface area contributed by atoms with Crippen LogP contribution in [0.1, 0.15) is 18.2 Å². The van der Waals surface area contributed by atoms with Crippen LogP contribution in [0.4, 0.5) is 4.79 Å². The predicted octanol–water partition coefficient (Wildman–Crippen LogP) is 1.42. The maximum absolute atomic E-state index is 10.9. The molecule has 0 saturated carbocycles. The van der Waals surface area contributed by atoms with Crippen molar-refractivity contribution in [3.8, 4) is 0 Å². The minimum Gasteiger partial charge on any atom is -0.468 e. The van der Waals surface area contributed by atoms with Gasteiger partial charge < -0.3 is 19.8 Å². The standard InChI is InChI=1S/C11H18N2O3/c1-3-15-11(14)13-6-5-12-8-10-9(2)4-7-16-10/h4,7,12H,3,5-6,8H2,1-2H3,(H,13,14). The third-order valence-corrected chi connectivity index (χ3v) is 2.10. The number of alkyl carbamates (subject to hydrolysis) is 1. The molecule has 0 saturated heterocycles. The summed E-state index contributed by atoms with van der Waals surface area (Å²) >= 11 is 0.